The molecule has 7 rings (SSSR count). The Morgan fingerprint density at radius 2 is 1.66 bits per heavy atom. The standard InChI is InChI=1S/C38H36Cl2N6O4/c1-49-37-23(16-41-18-26-10-12-34(47)44-26)9-11-31(45-37)29-7-3-5-27(35(29)39)28-6-4-8-30(36(28)40)33-14-32-24(17-43-33)13-22(15-42-32)19-46-20-25(21-46)38(48)50-2/h3-9,11,13-15,17,25-26,41H,10,12,16,18-21H2,1-2H3,(H,44,47)/t26-/m0/s1. The minimum absolute atomic E-state index is 0.0601. The topological polar surface area (TPSA) is 119 Å². The van der Waals surface area contributed by atoms with E-state index in [9.17, 15) is 9.59 Å². The molecule has 3 aromatic heterocycles. The number of hydrogen-bond donors (Lipinski definition) is 2. The number of carbonyl (C=O) groups excluding carboxylic acids is 2. The van der Waals surface area contributed by atoms with Gasteiger partial charge in [-0.25, -0.2) is 4.98 Å². The fourth-order valence-corrected chi connectivity index (χ4v) is 7.24. The smallest absolute Gasteiger partial charge is 0.311 e. The third kappa shape index (κ3) is 7.02. The predicted molar refractivity (Wildman–Crippen MR) is 194 cm³/mol. The van der Waals surface area contributed by atoms with Gasteiger partial charge in [-0.2, -0.15) is 0 Å². The second-order valence-electron chi connectivity index (χ2n) is 12.7. The maximum Gasteiger partial charge on any atom is 0.311 e. The van der Waals surface area contributed by atoms with Crippen LogP contribution in [0.25, 0.3) is 44.5 Å². The van der Waals surface area contributed by atoms with Gasteiger partial charge in [0, 0.05) is 90.8 Å². The molecule has 0 unspecified atom stereocenters. The minimum Gasteiger partial charge on any atom is -0.481 e. The van der Waals surface area contributed by atoms with Crippen LogP contribution in [0.3, 0.4) is 0 Å². The molecule has 5 aromatic rings. The SMILES string of the molecule is COC(=O)C1CN(Cc2cnc3cc(-c4cccc(-c5cccc(-c6ccc(CNC[C@@H]7CCC(=O)N7)c(OC)n6)c5Cl)c4Cl)ncc3c2)C1. The molecule has 1 atom stereocenters. The summed E-state index contributed by atoms with van der Waals surface area (Å²) in [6.45, 7) is 3.30. The van der Waals surface area contributed by atoms with Crippen molar-refractivity contribution in [3.63, 3.8) is 0 Å². The van der Waals surface area contributed by atoms with Crippen LogP contribution < -0.4 is 15.4 Å². The molecular formula is C38H36Cl2N6O4. The van der Waals surface area contributed by atoms with Crippen molar-refractivity contribution in [2.75, 3.05) is 33.9 Å². The molecular weight excluding hydrogens is 675 g/mol. The van der Waals surface area contributed by atoms with E-state index in [4.69, 9.17) is 47.6 Å². The quantitative estimate of drug-likeness (QED) is 0.152. The average Bonchev–Trinajstić information content (AvgIpc) is 3.54. The first-order valence-corrected chi connectivity index (χ1v) is 17.2. The number of halogens is 2. The van der Waals surface area contributed by atoms with Crippen LogP contribution in [-0.2, 0) is 27.4 Å². The third-order valence-electron chi connectivity index (χ3n) is 9.28. The number of nitrogens with one attached hydrogen (secondary N) is 2. The zero-order valence-corrected chi connectivity index (χ0v) is 29.2. The fourth-order valence-electron chi connectivity index (χ4n) is 6.59. The highest BCUT2D eigenvalue weighted by molar-refractivity contribution is 6.39. The van der Waals surface area contributed by atoms with Crippen LogP contribution in [0.15, 0.2) is 73.1 Å². The number of hydrogen-bond acceptors (Lipinski definition) is 9. The Labute approximate surface area is 300 Å². The Kier molecular flexibility index (Phi) is 9.96. The summed E-state index contributed by atoms with van der Waals surface area (Å²) >= 11 is 14.2. The molecule has 2 N–H and O–H groups in total. The molecule has 0 saturated carbocycles. The van der Waals surface area contributed by atoms with Crippen LogP contribution in [0.1, 0.15) is 24.0 Å². The van der Waals surface area contributed by atoms with Crippen LogP contribution in [0.5, 0.6) is 5.88 Å². The van der Waals surface area contributed by atoms with Crippen molar-refractivity contribution in [2.24, 2.45) is 5.92 Å². The normalized spacial score (nSPS) is 16.3. The van der Waals surface area contributed by atoms with E-state index >= 15 is 0 Å². The van der Waals surface area contributed by atoms with Crippen LogP contribution in [0.2, 0.25) is 10.0 Å². The lowest BCUT2D eigenvalue weighted by Gasteiger charge is -2.37. The number of methoxy groups -OCH3 is 2. The molecule has 10 nitrogen and oxygen atoms in total. The molecule has 2 aromatic carbocycles. The van der Waals surface area contributed by atoms with Crippen molar-refractivity contribution in [1.29, 1.82) is 0 Å². The van der Waals surface area contributed by atoms with Crippen LogP contribution in [0.4, 0.5) is 0 Å². The summed E-state index contributed by atoms with van der Waals surface area (Å²) in [5.41, 5.74) is 7.19. The van der Waals surface area contributed by atoms with E-state index in [1.807, 2.05) is 67.0 Å². The van der Waals surface area contributed by atoms with Crippen molar-refractivity contribution in [3.8, 4) is 39.5 Å². The van der Waals surface area contributed by atoms with Crippen molar-refractivity contribution >= 4 is 46.0 Å². The first-order chi connectivity index (χ1) is 24.3. The predicted octanol–water partition coefficient (Wildman–Crippen LogP) is 6.31. The number of esters is 1. The number of ether oxygens (including phenoxy) is 2. The van der Waals surface area contributed by atoms with Gasteiger partial charge >= 0.3 is 5.97 Å². The number of aromatic nitrogens is 3. The van der Waals surface area contributed by atoms with Gasteiger partial charge in [0.1, 0.15) is 0 Å². The number of benzene rings is 2. The Bertz CT molecular complexity index is 2090. The lowest BCUT2D eigenvalue weighted by molar-refractivity contribution is -0.151. The number of nitrogens with zero attached hydrogens (tertiary/aromatic N) is 4. The molecule has 12 heteroatoms. The Balaban J connectivity index is 1.09. The van der Waals surface area contributed by atoms with Gasteiger partial charge in [0.25, 0.3) is 0 Å². The van der Waals surface area contributed by atoms with E-state index < -0.39 is 0 Å². The van der Waals surface area contributed by atoms with Gasteiger partial charge in [0.15, 0.2) is 0 Å². The van der Waals surface area contributed by atoms with Gasteiger partial charge < -0.3 is 20.1 Å². The van der Waals surface area contributed by atoms with Gasteiger partial charge in [-0.05, 0) is 30.2 Å². The third-order valence-corrected chi connectivity index (χ3v) is 10.1. The molecule has 0 spiro atoms. The van der Waals surface area contributed by atoms with E-state index in [-0.39, 0.29) is 23.8 Å². The summed E-state index contributed by atoms with van der Waals surface area (Å²) in [7, 11) is 3.02. The summed E-state index contributed by atoms with van der Waals surface area (Å²) in [5.74, 6) is 0.382. The first-order valence-electron chi connectivity index (χ1n) is 16.5. The highest BCUT2D eigenvalue weighted by Crippen LogP contribution is 2.42. The molecule has 256 valence electrons. The number of rotatable bonds is 11. The molecule has 2 saturated heterocycles. The lowest BCUT2D eigenvalue weighted by atomic mass is 9.98. The number of amides is 1. The Morgan fingerprint density at radius 3 is 2.34 bits per heavy atom. The molecule has 0 bridgehead atoms. The summed E-state index contributed by atoms with van der Waals surface area (Å²) in [6, 6.07) is 19.7. The molecule has 5 heterocycles. The molecule has 0 aliphatic carbocycles. The van der Waals surface area contributed by atoms with Gasteiger partial charge in [0.05, 0.1) is 47.1 Å². The van der Waals surface area contributed by atoms with Crippen molar-refractivity contribution in [1.82, 2.24) is 30.5 Å². The Hall–Kier alpha value is -4.61. The number of pyridine rings is 3. The monoisotopic (exact) mass is 710 g/mol. The minimum atomic E-state index is -0.159. The zero-order chi connectivity index (χ0) is 34.8. The van der Waals surface area contributed by atoms with Crippen LogP contribution in [0, 0.1) is 5.92 Å². The van der Waals surface area contributed by atoms with Gasteiger partial charge in [-0.3, -0.25) is 24.5 Å². The average molecular weight is 712 g/mol. The summed E-state index contributed by atoms with van der Waals surface area (Å²) in [6.07, 6.45) is 5.09. The second-order valence-corrected chi connectivity index (χ2v) is 13.4. The maximum atomic E-state index is 11.7. The van der Waals surface area contributed by atoms with Gasteiger partial charge in [0.2, 0.25) is 11.8 Å². The second kappa shape index (κ2) is 14.7. The van der Waals surface area contributed by atoms with Gasteiger partial charge in [-0.1, -0.05) is 65.7 Å². The molecule has 2 fully saturated rings. The molecule has 2 aliphatic rings. The van der Waals surface area contributed by atoms with Gasteiger partial charge in [-0.15, -0.1) is 0 Å². The van der Waals surface area contributed by atoms with E-state index in [0.29, 0.717) is 66.5 Å². The number of fused-ring (bicyclic) bond motifs is 1. The Morgan fingerprint density at radius 1 is 0.940 bits per heavy atom. The van der Waals surface area contributed by atoms with Crippen molar-refractivity contribution in [2.45, 2.75) is 32.0 Å². The van der Waals surface area contributed by atoms with E-state index in [1.165, 1.54) is 7.11 Å². The van der Waals surface area contributed by atoms with Crippen LogP contribution >= 0.6 is 23.2 Å². The number of likely N-dealkylation sites (tertiary alicyclic amines) is 1. The summed E-state index contributed by atoms with van der Waals surface area (Å²) < 4.78 is 10.5. The van der Waals surface area contributed by atoms with E-state index in [2.05, 4.69) is 21.6 Å². The summed E-state index contributed by atoms with van der Waals surface area (Å²) in [4.78, 5) is 39.7. The molecule has 2 aliphatic heterocycles. The van der Waals surface area contributed by atoms with Crippen LogP contribution in [-0.4, -0.2) is 71.6 Å². The van der Waals surface area contributed by atoms with Crippen molar-refractivity contribution in [3.05, 3.63) is 94.2 Å². The lowest BCUT2D eigenvalue weighted by Crippen LogP contribution is -2.49. The zero-order valence-electron chi connectivity index (χ0n) is 27.7. The first kappa shape index (κ1) is 33.9. The maximum absolute atomic E-state index is 11.7. The van der Waals surface area contributed by atoms with E-state index in [1.54, 1.807) is 7.11 Å². The largest absolute Gasteiger partial charge is 0.481 e. The van der Waals surface area contributed by atoms with E-state index in [0.717, 1.165) is 50.7 Å². The molecule has 1 amide bonds. The summed E-state index contributed by atoms with van der Waals surface area (Å²) in [5, 5.41) is 8.34. The highest BCUT2D eigenvalue weighted by atomic mass is 35.5. The number of carbonyl (C=O) groups is 2. The molecule has 0 radical (unpaired) electrons. The fraction of sp³-hybridized carbons (Fsp3) is 0.289. The van der Waals surface area contributed by atoms with Crippen molar-refractivity contribution < 1.29 is 19.1 Å². The highest BCUT2D eigenvalue weighted by Gasteiger charge is 2.33. The molecule has 50 heavy (non-hydrogen) atoms.